The van der Waals surface area contributed by atoms with Crippen molar-refractivity contribution in [2.24, 2.45) is 0 Å². The highest BCUT2D eigenvalue weighted by Crippen LogP contribution is 2.39. The van der Waals surface area contributed by atoms with Gasteiger partial charge in [0.15, 0.2) is 11.0 Å². The van der Waals surface area contributed by atoms with Crippen molar-refractivity contribution >= 4 is 34.3 Å². The monoisotopic (exact) mass is 519 g/mol. The molecule has 5 rings (SSSR count). The van der Waals surface area contributed by atoms with Crippen LogP contribution in [0.3, 0.4) is 0 Å². The average molecular weight is 520 g/mol. The summed E-state index contributed by atoms with van der Waals surface area (Å²) in [6.07, 6.45) is 5.30. The number of anilines is 1. The van der Waals surface area contributed by atoms with Gasteiger partial charge in [-0.1, -0.05) is 11.6 Å². The second-order valence-electron chi connectivity index (χ2n) is 11.3. The number of carbonyl (C=O) groups excluding carboxylic acids is 1. The molecular formula is C26H35ClFN5O3. The van der Waals surface area contributed by atoms with Crippen LogP contribution in [0.1, 0.15) is 52.0 Å². The maximum Gasteiger partial charge on any atom is 0.410 e. The van der Waals surface area contributed by atoms with Crippen molar-refractivity contribution in [2.45, 2.75) is 77.1 Å². The third kappa shape index (κ3) is 4.67. The van der Waals surface area contributed by atoms with E-state index in [-0.39, 0.29) is 23.3 Å². The molecule has 2 aromatic heterocycles. The third-order valence-corrected chi connectivity index (χ3v) is 7.85. The zero-order chi connectivity index (χ0) is 25.8. The van der Waals surface area contributed by atoms with Crippen molar-refractivity contribution in [3.63, 3.8) is 0 Å². The Labute approximate surface area is 216 Å². The first-order chi connectivity index (χ1) is 17.0. The van der Waals surface area contributed by atoms with Crippen LogP contribution < -0.4 is 9.64 Å². The number of halogens is 2. The number of hydrogen-bond acceptors (Lipinski definition) is 7. The van der Waals surface area contributed by atoms with Gasteiger partial charge in [-0.05, 0) is 67.0 Å². The summed E-state index contributed by atoms with van der Waals surface area (Å²) in [5, 5.41) is 0.820. The molecule has 0 N–H and O–H groups in total. The average Bonchev–Trinajstić information content (AvgIpc) is 3.33. The fourth-order valence-corrected chi connectivity index (χ4v) is 5.93. The number of hydrogen-bond donors (Lipinski definition) is 0. The highest BCUT2D eigenvalue weighted by atomic mass is 35.5. The Morgan fingerprint density at radius 2 is 1.92 bits per heavy atom. The summed E-state index contributed by atoms with van der Waals surface area (Å²) >= 11 is 6.09. The van der Waals surface area contributed by atoms with Crippen molar-refractivity contribution in [1.82, 2.24) is 19.8 Å². The molecule has 8 nitrogen and oxygen atoms in total. The van der Waals surface area contributed by atoms with E-state index < -0.39 is 11.4 Å². The quantitative estimate of drug-likeness (QED) is 0.538. The molecule has 3 atom stereocenters. The number of aryl methyl sites for hydroxylation is 1. The number of piperazine rings is 1. The molecule has 0 aromatic carbocycles. The summed E-state index contributed by atoms with van der Waals surface area (Å²) < 4.78 is 27.2. The largest absolute Gasteiger partial charge is 0.476 e. The fourth-order valence-electron chi connectivity index (χ4n) is 5.78. The summed E-state index contributed by atoms with van der Waals surface area (Å²) in [6, 6.07) is 0.307. The van der Waals surface area contributed by atoms with Gasteiger partial charge in [0.05, 0.1) is 12.1 Å². The number of amides is 1. The summed E-state index contributed by atoms with van der Waals surface area (Å²) in [5.74, 6) is 0.476. The van der Waals surface area contributed by atoms with Gasteiger partial charge in [0.2, 0.25) is 5.88 Å². The molecule has 2 bridgehead atoms. The molecule has 0 saturated carbocycles. The molecule has 3 aliphatic heterocycles. The van der Waals surface area contributed by atoms with E-state index in [2.05, 4.69) is 21.8 Å². The molecule has 10 heteroatoms. The molecule has 0 spiro atoms. The maximum atomic E-state index is 15.3. The molecular weight excluding hydrogens is 485 g/mol. The van der Waals surface area contributed by atoms with Gasteiger partial charge in [-0.3, -0.25) is 4.90 Å². The van der Waals surface area contributed by atoms with E-state index in [0.29, 0.717) is 53.8 Å². The molecule has 2 aromatic rings. The van der Waals surface area contributed by atoms with Gasteiger partial charge in [0.25, 0.3) is 0 Å². The first-order valence-electron chi connectivity index (χ1n) is 12.8. The standard InChI is InChI=1S/C26H35ClFN5O3/c1-15-20-19(11-29-22(27)21(20)28)23(30-24(15)35-14-18-7-6-10-31(18)5)32-12-16-8-9-17(13-32)33(16)25(34)36-26(2,3)4/h11,16-18H,6-10,12-14H2,1-5H3/t16?,17?,18-/m0/s1. The first-order valence-corrected chi connectivity index (χ1v) is 13.1. The lowest BCUT2D eigenvalue weighted by Crippen LogP contribution is -2.57. The Bertz CT molecular complexity index is 1160. The van der Waals surface area contributed by atoms with Crippen molar-refractivity contribution < 1.29 is 18.7 Å². The smallest absolute Gasteiger partial charge is 0.410 e. The Morgan fingerprint density at radius 1 is 1.22 bits per heavy atom. The van der Waals surface area contributed by atoms with Gasteiger partial charge in [-0.15, -0.1) is 0 Å². The Hall–Kier alpha value is -2.39. The first kappa shape index (κ1) is 25.3. The predicted molar refractivity (Wildman–Crippen MR) is 137 cm³/mol. The zero-order valence-electron chi connectivity index (χ0n) is 21.7. The van der Waals surface area contributed by atoms with Gasteiger partial charge < -0.3 is 19.3 Å². The zero-order valence-corrected chi connectivity index (χ0v) is 22.4. The van der Waals surface area contributed by atoms with Crippen LogP contribution in [0.25, 0.3) is 10.8 Å². The van der Waals surface area contributed by atoms with Gasteiger partial charge in [-0.2, -0.15) is 4.98 Å². The molecule has 36 heavy (non-hydrogen) atoms. The fraction of sp³-hybridized carbons (Fsp3) is 0.654. The van der Waals surface area contributed by atoms with Crippen LogP contribution in [0.5, 0.6) is 5.88 Å². The second-order valence-corrected chi connectivity index (χ2v) is 11.6. The molecule has 3 saturated heterocycles. The lowest BCUT2D eigenvalue weighted by molar-refractivity contribution is 0.0123. The van der Waals surface area contributed by atoms with E-state index in [9.17, 15) is 4.79 Å². The van der Waals surface area contributed by atoms with Gasteiger partial charge in [-0.25, -0.2) is 14.2 Å². The van der Waals surface area contributed by atoms with Crippen LogP contribution in [0.2, 0.25) is 5.15 Å². The number of nitrogens with zero attached hydrogens (tertiary/aromatic N) is 5. The van der Waals surface area contributed by atoms with E-state index in [4.69, 9.17) is 26.1 Å². The van der Waals surface area contributed by atoms with Crippen LogP contribution in [0, 0.1) is 12.7 Å². The number of pyridine rings is 2. The lowest BCUT2D eigenvalue weighted by atomic mass is 10.1. The van der Waals surface area contributed by atoms with E-state index in [1.165, 1.54) is 0 Å². The summed E-state index contributed by atoms with van der Waals surface area (Å²) in [5.41, 5.74) is 0.0661. The third-order valence-electron chi connectivity index (χ3n) is 7.59. The van der Waals surface area contributed by atoms with E-state index in [1.807, 2.05) is 32.6 Å². The highest BCUT2D eigenvalue weighted by molar-refractivity contribution is 6.30. The highest BCUT2D eigenvalue weighted by Gasteiger charge is 2.45. The number of likely N-dealkylation sites (tertiary alicyclic amines) is 1. The molecule has 196 valence electrons. The number of ether oxygens (including phenoxy) is 2. The summed E-state index contributed by atoms with van der Waals surface area (Å²) in [6.45, 7) is 10.1. The second kappa shape index (κ2) is 9.49. The molecule has 5 heterocycles. The minimum atomic E-state index is -0.562. The molecule has 2 unspecified atom stereocenters. The molecule has 1 amide bonds. The van der Waals surface area contributed by atoms with Gasteiger partial charge in [0, 0.05) is 41.7 Å². The molecule has 0 aliphatic carbocycles. The number of rotatable bonds is 4. The predicted octanol–water partition coefficient (Wildman–Crippen LogP) is 4.79. The van der Waals surface area contributed by atoms with Gasteiger partial charge >= 0.3 is 6.09 Å². The Kier molecular flexibility index (Phi) is 6.66. The van der Waals surface area contributed by atoms with Crippen LogP contribution in [-0.4, -0.2) is 82.9 Å². The minimum absolute atomic E-state index is 0.00151. The molecule has 3 fully saturated rings. The van der Waals surface area contributed by atoms with Crippen LogP contribution in [-0.2, 0) is 4.74 Å². The van der Waals surface area contributed by atoms with Crippen molar-refractivity contribution in [3.8, 4) is 5.88 Å². The molecule has 3 aliphatic rings. The van der Waals surface area contributed by atoms with Crippen molar-refractivity contribution in [1.29, 1.82) is 0 Å². The van der Waals surface area contributed by atoms with Gasteiger partial charge in [0.1, 0.15) is 18.0 Å². The number of fused-ring (bicyclic) bond motifs is 3. The summed E-state index contributed by atoms with van der Waals surface area (Å²) in [4.78, 5) is 28.2. The minimum Gasteiger partial charge on any atom is -0.476 e. The number of carbonyl (C=O) groups is 1. The van der Waals surface area contributed by atoms with Crippen LogP contribution >= 0.6 is 11.6 Å². The van der Waals surface area contributed by atoms with E-state index >= 15 is 4.39 Å². The van der Waals surface area contributed by atoms with Crippen molar-refractivity contribution in [3.05, 3.63) is 22.7 Å². The Balaban J connectivity index is 1.47. The van der Waals surface area contributed by atoms with Crippen LogP contribution in [0.4, 0.5) is 15.0 Å². The SMILES string of the molecule is Cc1c(OC[C@@H]2CCCN2C)nc(N2CC3CCC(C2)N3C(=O)OC(C)(C)C)c2cnc(Cl)c(F)c12. The number of aromatic nitrogens is 2. The van der Waals surface area contributed by atoms with Crippen LogP contribution in [0.15, 0.2) is 6.20 Å². The molecule has 0 radical (unpaired) electrons. The maximum absolute atomic E-state index is 15.3. The summed E-state index contributed by atoms with van der Waals surface area (Å²) in [7, 11) is 2.10. The van der Waals surface area contributed by atoms with E-state index in [1.54, 1.807) is 6.20 Å². The normalized spacial score (nSPS) is 24.6. The topological polar surface area (TPSA) is 71.0 Å². The lowest BCUT2D eigenvalue weighted by Gasteiger charge is -2.42. The number of likely N-dealkylation sites (N-methyl/N-ethyl adjacent to an activating group) is 1. The van der Waals surface area contributed by atoms with Crippen molar-refractivity contribution in [2.75, 3.05) is 38.2 Å². The Morgan fingerprint density at radius 3 is 2.53 bits per heavy atom. The van der Waals surface area contributed by atoms with E-state index in [0.717, 1.165) is 32.2 Å².